The van der Waals surface area contributed by atoms with Crippen molar-refractivity contribution in [3.05, 3.63) is 76.3 Å². The molecule has 0 N–H and O–H groups in total. The van der Waals surface area contributed by atoms with Crippen molar-refractivity contribution in [2.24, 2.45) is 11.8 Å². The normalized spacial score (nSPS) is 16.9. The Bertz CT molecular complexity index is 1420. The van der Waals surface area contributed by atoms with Crippen molar-refractivity contribution in [1.29, 1.82) is 0 Å². The number of benzene rings is 2. The van der Waals surface area contributed by atoms with E-state index in [1.165, 1.54) is 23.5 Å². The second kappa shape index (κ2) is 9.13. The fourth-order valence-corrected chi connectivity index (χ4v) is 6.05. The SMILES string of the molecule is Cc1nc2cc(C(=O)N3CC(C4CCN(C(=O)c5nccs5)CC4)C3)ccc2n1-c1ccc(F)cc1. The molecule has 2 aromatic carbocycles. The van der Waals surface area contributed by atoms with E-state index < -0.39 is 0 Å². The van der Waals surface area contributed by atoms with Crippen LogP contribution in [0.15, 0.2) is 54.0 Å². The maximum atomic E-state index is 13.4. The van der Waals surface area contributed by atoms with Gasteiger partial charge in [0.25, 0.3) is 11.8 Å². The number of carbonyl (C=O) groups excluding carboxylic acids is 2. The predicted octanol–water partition coefficient (Wildman–Crippen LogP) is 4.55. The number of aryl methyl sites for hydroxylation is 1. The van der Waals surface area contributed by atoms with Gasteiger partial charge in [-0.25, -0.2) is 14.4 Å². The molecule has 2 amide bonds. The van der Waals surface area contributed by atoms with E-state index in [2.05, 4.69) is 9.97 Å². The van der Waals surface area contributed by atoms with E-state index in [4.69, 9.17) is 0 Å². The van der Waals surface area contributed by atoms with Crippen molar-refractivity contribution in [1.82, 2.24) is 24.3 Å². The zero-order valence-corrected chi connectivity index (χ0v) is 20.7. The number of rotatable bonds is 4. The van der Waals surface area contributed by atoms with Gasteiger partial charge in [0, 0.05) is 49.0 Å². The average Bonchev–Trinajstić information content (AvgIpc) is 3.51. The molecule has 0 spiro atoms. The molecule has 7 nitrogen and oxygen atoms in total. The minimum atomic E-state index is -0.281. The Labute approximate surface area is 212 Å². The highest BCUT2D eigenvalue weighted by atomic mass is 32.1. The fraction of sp³-hybridized carbons (Fsp3) is 0.333. The van der Waals surface area contributed by atoms with E-state index in [9.17, 15) is 14.0 Å². The van der Waals surface area contributed by atoms with Gasteiger partial charge in [-0.3, -0.25) is 14.2 Å². The number of fused-ring (bicyclic) bond motifs is 1. The van der Waals surface area contributed by atoms with Crippen molar-refractivity contribution < 1.29 is 14.0 Å². The van der Waals surface area contributed by atoms with Gasteiger partial charge in [-0.05, 0) is 74.1 Å². The summed E-state index contributed by atoms with van der Waals surface area (Å²) < 4.78 is 15.3. The highest BCUT2D eigenvalue weighted by Crippen LogP contribution is 2.33. The summed E-state index contributed by atoms with van der Waals surface area (Å²) in [6.07, 6.45) is 3.60. The number of imidazole rings is 1. The fourth-order valence-electron chi connectivity index (χ4n) is 5.45. The lowest BCUT2D eigenvalue weighted by molar-refractivity contribution is 0.0228. The first kappa shape index (κ1) is 22.8. The monoisotopic (exact) mass is 503 g/mol. The molecule has 2 aliphatic rings. The number of nitrogens with zero attached hydrogens (tertiary/aromatic N) is 5. The molecule has 0 radical (unpaired) electrons. The first-order valence-electron chi connectivity index (χ1n) is 12.2. The van der Waals surface area contributed by atoms with Crippen LogP contribution < -0.4 is 0 Å². The second-order valence-electron chi connectivity index (χ2n) is 9.61. The summed E-state index contributed by atoms with van der Waals surface area (Å²) in [6.45, 7) is 4.91. The highest BCUT2D eigenvalue weighted by molar-refractivity contribution is 7.11. The topological polar surface area (TPSA) is 71.3 Å². The molecule has 0 atom stereocenters. The van der Waals surface area contributed by atoms with Gasteiger partial charge in [-0.2, -0.15) is 0 Å². The van der Waals surface area contributed by atoms with Crippen LogP contribution in [0, 0.1) is 24.6 Å². The highest BCUT2D eigenvalue weighted by Gasteiger charge is 2.38. The number of piperidine rings is 1. The van der Waals surface area contributed by atoms with Gasteiger partial charge in [-0.1, -0.05) is 0 Å². The largest absolute Gasteiger partial charge is 0.338 e. The zero-order chi connectivity index (χ0) is 24.8. The van der Waals surface area contributed by atoms with Crippen LogP contribution in [0.3, 0.4) is 0 Å². The van der Waals surface area contributed by atoms with Crippen LogP contribution in [0.2, 0.25) is 0 Å². The Kier molecular flexibility index (Phi) is 5.79. The molecule has 9 heteroatoms. The minimum Gasteiger partial charge on any atom is -0.338 e. The number of likely N-dealkylation sites (tertiary alicyclic amines) is 2. The van der Waals surface area contributed by atoms with Crippen LogP contribution in [0.25, 0.3) is 16.7 Å². The lowest BCUT2D eigenvalue weighted by atomic mass is 9.79. The van der Waals surface area contributed by atoms with Gasteiger partial charge in [0.05, 0.1) is 11.0 Å². The van der Waals surface area contributed by atoms with Crippen molar-refractivity contribution in [3.8, 4) is 5.69 Å². The predicted molar refractivity (Wildman–Crippen MR) is 136 cm³/mol. The summed E-state index contributed by atoms with van der Waals surface area (Å²) in [7, 11) is 0. The van der Waals surface area contributed by atoms with Gasteiger partial charge in [-0.15, -0.1) is 11.3 Å². The Morgan fingerprint density at radius 1 is 0.972 bits per heavy atom. The first-order valence-corrected chi connectivity index (χ1v) is 13.1. The second-order valence-corrected chi connectivity index (χ2v) is 10.5. The van der Waals surface area contributed by atoms with Crippen LogP contribution in [0.1, 0.15) is 38.8 Å². The molecule has 4 aromatic rings. The summed E-state index contributed by atoms with van der Waals surface area (Å²) in [5, 5.41) is 2.39. The Hall–Kier alpha value is -3.59. The Morgan fingerprint density at radius 3 is 2.42 bits per heavy atom. The molecule has 2 fully saturated rings. The van der Waals surface area contributed by atoms with Crippen molar-refractivity contribution >= 4 is 34.2 Å². The van der Waals surface area contributed by atoms with E-state index in [0.29, 0.717) is 22.4 Å². The van der Waals surface area contributed by atoms with Crippen LogP contribution in [-0.4, -0.2) is 62.3 Å². The van der Waals surface area contributed by atoms with E-state index >= 15 is 0 Å². The molecular formula is C27H26FN5O2S. The summed E-state index contributed by atoms with van der Waals surface area (Å²) in [5.74, 6) is 1.57. The van der Waals surface area contributed by atoms with Gasteiger partial charge in [0.1, 0.15) is 11.6 Å². The molecule has 0 aliphatic carbocycles. The van der Waals surface area contributed by atoms with E-state index in [1.54, 1.807) is 18.3 Å². The molecule has 6 rings (SSSR count). The van der Waals surface area contributed by atoms with E-state index in [1.807, 2.05) is 44.9 Å². The number of aromatic nitrogens is 3. The number of hydrogen-bond donors (Lipinski definition) is 0. The number of amides is 2. The third-order valence-corrected chi connectivity index (χ3v) is 8.22. The van der Waals surface area contributed by atoms with E-state index in [-0.39, 0.29) is 17.6 Å². The number of hydrogen-bond acceptors (Lipinski definition) is 5. The van der Waals surface area contributed by atoms with Gasteiger partial charge >= 0.3 is 0 Å². The van der Waals surface area contributed by atoms with Crippen LogP contribution in [0.5, 0.6) is 0 Å². The molecule has 2 saturated heterocycles. The molecule has 184 valence electrons. The molecule has 0 saturated carbocycles. The van der Waals surface area contributed by atoms with Crippen molar-refractivity contribution in [2.75, 3.05) is 26.2 Å². The summed E-state index contributed by atoms with van der Waals surface area (Å²) in [5.41, 5.74) is 3.10. The smallest absolute Gasteiger partial charge is 0.282 e. The van der Waals surface area contributed by atoms with Gasteiger partial charge < -0.3 is 9.80 Å². The Balaban J connectivity index is 1.08. The molecule has 0 bridgehead atoms. The zero-order valence-electron chi connectivity index (χ0n) is 19.9. The third kappa shape index (κ3) is 4.07. The average molecular weight is 504 g/mol. The lowest BCUT2D eigenvalue weighted by Crippen LogP contribution is -2.54. The number of halogens is 1. The summed E-state index contributed by atoms with van der Waals surface area (Å²) >= 11 is 1.38. The quantitative estimate of drug-likeness (QED) is 0.410. The Morgan fingerprint density at radius 2 is 1.72 bits per heavy atom. The summed E-state index contributed by atoms with van der Waals surface area (Å²) in [4.78, 5) is 38.3. The molecule has 0 unspecified atom stereocenters. The van der Waals surface area contributed by atoms with Gasteiger partial charge in [0.15, 0.2) is 5.01 Å². The maximum absolute atomic E-state index is 13.4. The third-order valence-electron chi connectivity index (χ3n) is 7.46. The molecule has 2 aliphatic heterocycles. The summed E-state index contributed by atoms with van der Waals surface area (Å²) in [6, 6.07) is 11.9. The van der Waals surface area contributed by atoms with Gasteiger partial charge in [0.2, 0.25) is 0 Å². The van der Waals surface area contributed by atoms with Crippen molar-refractivity contribution in [2.45, 2.75) is 19.8 Å². The molecule has 2 aromatic heterocycles. The van der Waals surface area contributed by atoms with E-state index in [0.717, 1.165) is 61.6 Å². The van der Waals surface area contributed by atoms with Crippen LogP contribution in [0.4, 0.5) is 4.39 Å². The van der Waals surface area contributed by atoms with Crippen LogP contribution in [-0.2, 0) is 0 Å². The number of carbonyl (C=O) groups is 2. The van der Waals surface area contributed by atoms with Crippen molar-refractivity contribution in [3.63, 3.8) is 0 Å². The number of thiazole rings is 1. The molecule has 4 heterocycles. The maximum Gasteiger partial charge on any atom is 0.282 e. The standard InChI is InChI=1S/C27H26FN5O2S/c1-17-30-23-14-19(2-7-24(23)33(17)22-5-3-21(28)4-6-22)26(34)32-15-20(16-32)18-8-11-31(12-9-18)27(35)25-29-10-13-36-25/h2-7,10,13-14,18,20H,8-9,11-12,15-16H2,1H3. The van der Waals surface area contributed by atoms with Crippen LogP contribution >= 0.6 is 11.3 Å². The lowest BCUT2D eigenvalue weighted by Gasteiger charge is -2.46. The minimum absolute atomic E-state index is 0.0264. The molecular weight excluding hydrogens is 477 g/mol. The molecule has 36 heavy (non-hydrogen) atoms. The first-order chi connectivity index (χ1) is 17.5.